The van der Waals surface area contributed by atoms with Crippen molar-refractivity contribution < 1.29 is 0 Å². The van der Waals surface area contributed by atoms with Crippen LogP contribution in [0.25, 0.3) is 0 Å². The normalized spacial score (nSPS) is 33.7. The minimum Gasteiger partial charge on any atom is -0.365 e. The third-order valence-corrected chi connectivity index (χ3v) is 4.35. The molecule has 3 unspecified atom stereocenters. The van der Waals surface area contributed by atoms with Crippen LogP contribution in [0.2, 0.25) is 0 Å². The molecule has 0 aromatic heterocycles. The summed E-state index contributed by atoms with van der Waals surface area (Å²) in [6.45, 7) is 4.63. The van der Waals surface area contributed by atoms with Crippen LogP contribution >= 0.6 is 0 Å². The molecule has 2 fully saturated rings. The van der Waals surface area contributed by atoms with Crippen LogP contribution in [0.15, 0.2) is 24.3 Å². The highest BCUT2D eigenvalue weighted by molar-refractivity contribution is 5.56. The Labute approximate surface area is 92.1 Å². The zero-order valence-corrected chi connectivity index (χ0v) is 9.61. The van der Waals surface area contributed by atoms with Gasteiger partial charge in [-0.25, -0.2) is 0 Å². The maximum Gasteiger partial charge on any atom is 0.0400 e. The SMILES string of the molecule is Cc1ccccc1N1C2CCC(C2)C1C. The van der Waals surface area contributed by atoms with E-state index in [0.29, 0.717) is 0 Å². The molecule has 1 aliphatic carbocycles. The largest absolute Gasteiger partial charge is 0.365 e. The first kappa shape index (κ1) is 9.26. The van der Waals surface area contributed by atoms with Gasteiger partial charge in [0.25, 0.3) is 0 Å². The highest BCUT2D eigenvalue weighted by Gasteiger charge is 2.43. The summed E-state index contributed by atoms with van der Waals surface area (Å²) < 4.78 is 0. The van der Waals surface area contributed by atoms with E-state index in [9.17, 15) is 0 Å². The van der Waals surface area contributed by atoms with Crippen LogP contribution < -0.4 is 4.90 Å². The summed E-state index contributed by atoms with van der Waals surface area (Å²) in [7, 11) is 0. The van der Waals surface area contributed by atoms with Gasteiger partial charge in [0.1, 0.15) is 0 Å². The lowest BCUT2D eigenvalue weighted by Gasteiger charge is -2.36. The van der Waals surface area contributed by atoms with Crippen molar-refractivity contribution in [2.45, 2.75) is 45.2 Å². The quantitative estimate of drug-likeness (QED) is 0.673. The molecule has 3 rings (SSSR count). The molecule has 3 atom stereocenters. The van der Waals surface area contributed by atoms with Gasteiger partial charge in [0, 0.05) is 17.8 Å². The lowest BCUT2D eigenvalue weighted by molar-refractivity contribution is 0.453. The smallest absolute Gasteiger partial charge is 0.0400 e. The monoisotopic (exact) mass is 201 g/mol. The zero-order valence-electron chi connectivity index (χ0n) is 9.61. The standard InChI is InChI=1S/C14H19N/c1-10-5-3-4-6-14(10)15-11(2)12-7-8-13(15)9-12/h3-6,11-13H,7-9H2,1-2H3. The predicted molar refractivity (Wildman–Crippen MR) is 64.2 cm³/mol. The Kier molecular flexibility index (Phi) is 2.01. The summed E-state index contributed by atoms with van der Waals surface area (Å²) in [5.74, 6) is 0.953. The number of rotatable bonds is 1. The molecule has 2 aliphatic rings. The van der Waals surface area contributed by atoms with Crippen molar-refractivity contribution in [3.05, 3.63) is 29.8 Å². The number of benzene rings is 1. The minimum absolute atomic E-state index is 0.754. The second-order valence-corrected chi connectivity index (χ2v) is 5.16. The van der Waals surface area contributed by atoms with Gasteiger partial charge in [-0.15, -0.1) is 0 Å². The van der Waals surface area contributed by atoms with Crippen molar-refractivity contribution in [2.24, 2.45) is 5.92 Å². The van der Waals surface area contributed by atoms with Gasteiger partial charge in [0.15, 0.2) is 0 Å². The van der Waals surface area contributed by atoms with E-state index >= 15 is 0 Å². The van der Waals surface area contributed by atoms with Crippen LogP contribution in [0, 0.1) is 12.8 Å². The van der Waals surface area contributed by atoms with Crippen molar-refractivity contribution in [1.82, 2.24) is 0 Å². The molecule has 1 saturated heterocycles. The highest BCUT2D eigenvalue weighted by atomic mass is 15.2. The molecule has 1 aliphatic heterocycles. The molecule has 1 heterocycles. The topological polar surface area (TPSA) is 3.24 Å². The van der Waals surface area contributed by atoms with Crippen molar-refractivity contribution >= 4 is 5.69 Å². The molecule has 0 spiro atoms. The summed E-state index contributed by atoms with van der Waals surface area (Å²) in [6, 6.07) is 10.4. The van der Waals surface area contributed by atoms with Crippen LogP contribution in [0.5, 0.6) is 0 Å². The summed E-state index contributed by atoms with van der Waals surface area (Å²) in [5.41, 5.74) is 2.90. The first-order valence-corrected chi connectivity index (χ1v) is 6.11. The Morgan fingerprint density at radius 2 is 2.00 bits per heavy atom. The van der Waals surface area contributed by atoms with Crippen molar-refractivity contribution in [3.8, 4) is 0 Å². The molecule has 0 N–H and O–H groups in total. The van der Waals surface area contributed by atoms with E-state index in [2.05, 4.69) is 43.0 Å². The second-order valence-electron chi connectivity index (χ2n) is 5.16. The fourth-order valence-corrected chi connectivity index (χ4v) is 3.51. The summed E-state index contributed by atoms with van der Waals surface area (Å²) in [5, 5.41) is 0. The van der Waals surface area contributed by atoms with Gasteiger partial charge in [0.05, 0.1) is 0 Å². The summed E-state index contributed by atoms with van der Waals surface area (Å²) >= 11 is 0. The molecule has 0 radical (unpaired) electrons. The Morgan fingerprint density at radius 3 is 2.67 bits per heavy atom. The van der Waals surface area contributed by atoms with Crippen LogP contribution in [0.3, 0.4) is 0 Å². The van der Waals surface area contributed by atoms with Crippen LogP contribution in [0.4, 0.5) is 5.69 Å². The van der Waals surface area contributed by atoms with Gasteiger partial charge < -0.3 is 4.90 Å². The maximum absolute atomic E-state index is 2.67. The number of hydrogen-bond acceptors (Lipinski definition) is 1. The van der Waals surface area contributed by atoms with Crippen molar-refractivity contribution in [2.75, 3.05) is 4.90 Å². The van der Waals surface area contributed by atoms with Gasteiger partial charge in [0.2, 0.25) is 0 Å². The number of hydrogen-bond donors (Lipinski definition) is 0. The van der Waals surface area contributed by atoms with Gasteiger partial charge in [-0.05, 0) is 50.7 Å². The molecule has 1 saturated carbocycles. The number of aryl methyl sites for hydroxylation is 1. The fourth-order valence-electron chi connectivity index (χ4n) is 3.51. The van der Waals surface area contributed by atoms with Crippen LogP contribution in [0.1, 0.15) is 31.7 Å². The molecule has 0 amide bonds. The third-order valence-electron chi connectivity index (χ3n) is 4.35. The lowest BCUT2D eigenvalue weighted by Crippen LogP contribution is -2.39. The Morgan fingerprint density at radius 1 is 1.20 bits per heavy atom. The number of fused-ring (bicyclic) bond motifs is 2. The molecule has 15 heavy (non-hydrogen) atoms. The summed E-state index contributed by atoms with van der Waals surface area (Å²) in [6.07, 6.45) is 4.28. The van der Waals surface area contributed by atoms with Gasteiger partial charge in [-0.2, -0.15) is 0 Å². The molecule has 80 valence electrons. The molecule has 1 heteroatoms. The predicted octanol–water partition coefficient (Wildman–Crippen LogP) is 3.37. The Hall–Kier alpha value is -0.980. The van der Waals surface area contributed by atoms with E-state index in [-0.39, 0.29) is 0 Å². The maximum atomic E-state index is 2.67. The number of anilines is 1. The third kappa shape index (κ3) is 1.29. The van der Waals surface area contributed by atoms with E-state index < -0.39 is 0 Å². The highest BCUT2D eigenvalue weighted by Crippen LogP contribution is 2.45. The van der Waals surface area contributed by atoms with Crippen molar-refractivity contribution in [3.63, 3.8) is 0 Å². The first-order valence-electron chi connectivity index (χ1n) is 6.11. The average Bonchev–Trinajstić information content (AvgIpc) is 2.80. The molecule has 2 bridgehead atoms. The number of para-hydroxylation sites is 1. The van der Waals surface area contributed by atoms with E-state index in [1.807, 2.05) is 0 Å². The minimum atomic E-state index is 0.754. The Balaban J connectivity index is 1.98. The van der Waals surface area contributed by atoms with Gasteiger partial charge in [-0.3, -0.25) is 0 Å². The number of nitrogens with zero attached hydrogens (tertiary/aromatic N) is 1. The lowest BCUT2D eigenvalue weighted by atomic mass is 9.99. The van der Waals surface area contributed by atoms with E-state index in [1.54, 1.807) is 0 Å². The second kappa shape index (κ2) is 3.26. The zero-order chi connectivity index (χ0) is 10.4. The first-order chi connectivity index (χ1) is 7.27. The van der Waals surface area contributed by atoms with E-state index in [1.165, 1.54) is 30.5 Å². The van der Waals surface area contributed by atoms with Crippen LogP contribution in [-0.2, 0) is 0 Å². The number of piperidine rings is 1. The van der Waals surface area contributed by atoms with E-state index in [0.717, 1.165) is 18.0 Å². The molecule has 1 aromatic carbocycles. The molecule has 1 nitrogen and oxygen atoms in total. The van der Waals surface area contributed by atoms with Crippen molar-refractivity contribution in [1.29, 1.82) is 0 Å². The molecule has 1 aromatic rings. The summed E-state index contributed by atoms with van der Waals surface area (Å²) in [4.78, 5) is 2.67. The van der Waals surface area contributed by atoms with Gasteiger partial charge in [-0.1, -0.05) is 18.2 Å². The Bertz CT molecular complexity index is 369. The molecular weight excluding hydrogens is 182 g/mol. The van der Waals surface area contributed by atoms with E-state index in [4.69, 9.17) is 0 Å². The van der Waals surface area contributed by atoms with Gasteiger partial charge >= 0.3 is 0 Å². The average molecular weight is 201 g/mol. The van der Waals surface area contributed by atoms with Crippen LogP contribution in [-0.4, -0.2) is 12.1 Å². The fraction of sp³-hybridized carbons (Fsp3) is 0.571. The molecular formula is C14H19N.